The van der Waals surface area contributed by atoms with E-state index in [9.17, 15) is 14.9 Å². The summed E-state index contributed by atoms with van der Waals surface area (Å²) in [6, 6.07) is 15.0. The summed E-state index contributed by atoms with van der Waals surface area (Å²) in [5.41, 5.74) is 1.89. The van der Waals surface area contributed by atoms with E-state index in [0.717, 1.165) is 0 Å². The largest absolute Gasteiger partial charge is 0.271 e. The summed E-state index contributed by atoms with van der Waals surface area (Å²) in [6.45, 7) is 1.77. The zero-order valence-corrected chi connectivity index (χ0v) is 12.9. The molecule has 7 nitrogen and oxygen atoms in total. The highest BCUT2D eigenvalue weighted by atomic mass is 16.6. The molecular formula is C17H14N4O3. The molecule has 0 spiro atoms. The van der Waals surface area contributed by atoms with Crippen molar-refractivity contribution in [1.82, 2.24) is 0 Å². The number of para-hydroxylation sites is 1. The molecule has 2 aromatic carbocycles. The number of nitro benzene ring substituents is 1. The third-order valence-corrected chi connectivity index (χ3v) is 3.62. The second-order valence-electron chi connectivity index (χ2n) is 5.26. The van der Waals surface area contributed by atoms with Crippen LogP contribution in [-0.2, 0) is 4.79 Å². The fourth-order valence-electron chi connectivity index (χ4n) is 2.33. The van der Waals surface area contributed by atoms with Gasteiger partial charge in [0.2, 0.25) is 0 Å². The van der Waals surface area contributed by atoms with Crippen LogP contribution in [0.3, 0.4) is 0 Å². The molecule has 0 radical (unpaired) electrons. The Kier molecular flexibility index (Phi) is 4.15. The number of amides is 1. The van der Waals surface area contributed by atoms with E-state index >= 15 is 0 Å². The number of anilines is 1. The third-order valence-electron chi connectivity index (χ3n) is 3.62. The number of carbonyl (C=O) groups excluding carboxylic acids is 1. The predicted octanol–water partition coefficient (Wildman–Crippen LogP) is 3.34. The van der Waals surface area contributed by atoms with Gasteiger partial charge < -0.3 is 0 Å². The molecule has 0 bridgehead atoms. The summed E-state index contributed by atoms with van der Waals surface area (Å²) in [6.07, 6.45) is 1.52. The predicted molar refractivity (Wildman–Crippen MR) is 91.8 cm³/mol. The molecule has 0 N–H and O–H groups in total. The van der Waals surface area contributed by atoms with Gasteiger partial charge in [0, 0.05) is 18.3 Å². The van der Waals surface area contributed by atoms with Gasteiger partial charge in [-0.1, -0.05) is 18.2 Å². The average Bonchev–Trinajstić information content (AvgIpc) is 2.88. The topological polar surface area (TPSA) is 88.2 Å². The Morgan fingerprint density at radius 2 is 1.83 bits per heavy atom. The minimum Gasteiger partial charge on any atom is -0.271 e. The number of aliphatic imine (C=N–C) groups is 1. The Morgan fingerprint density at radius 1 is 1.17 bits per heavy atom. The number of hydrogen-bond donors (Lipinski definition) is 0. The summed E-state index contributed by atoms with van der Waals surface area (Å²) < 4.78 is 0. The Hall–Kier alpha value is -3.35. The number of hydrazone groups is 1. The SMILES string of the molecule is CC1=NN(c2ccccc2)C(=O)[C@@H]1C=Nc1ccc([N+](=O)[O-])cc1. The lowest BCUT2D eigenvalue weighted by atomic mass is 10.1. The van der Waals surface area contributed by atoms with Crippen molar-refractivity contribution in [2.24, 2.45) is 16.0 Å². The van der Waals surface area contributed by atoms with Gasteiger partial charge in [-0.2, -0.15) is 10.1 Å². The number of non-ortho nitro benzene ring substituents is 1. The van der Waals surface area contributed by atoms with Gasteiger partial charge in [0.05, 0.1) is 22.0 Å². The normalized spacial score (nSPS) is 17.4. The highest BCUT2D eigenvalue weighted by molar-refractivity contribution is 6.23. The molecule has 0 unspecified atom stereocenters. The number of nitrogens with zero attached hydrogens (tertiary/aromatic N) is 4. The van der Waals surface area contributed by atoms with Crippen LogP contribution in [0.1, 0.15) is 6.92 Å². The molecule has 1 atom stereocenters. The minimum atomic E-state index is -0.541. The van der Waals surface area contributed by atoms with Crippen molar-refractivity contribution in [3.05, 3.63) is 64.7 Å². The molecular weight excluding hydrogens is 308 g/mol. The van der Waals surface area contributed by atoms with Gasteiger partial charge in [0.1, 0.15) is 5.92 Å². The fourth-order valence-corrected chi connectivity index (χ4v) is 2.33. The third kappa shape index (κ3) is 3.05. The van der Waals surface area contributed by atoms with Crippen molar-refractivity contribution in [1.29, 1.82) is 0 Å². The van der Waals surface area contributed by atoms with Crippen LogP contribution in [0.25, 0.3) is 0 Å². The smallest absolute Gasteiger partial charge is 0.269 e. The van der Waals surface area contributed by atoms with E-state index in [4.69, 9.17) is 0 Å². The zero-order chi connectivity index (χ0) is 17.1. The molecule has 0 saturated carbocycles. The Morgan fingerprint density at radius 3 is 2.46 bits per heavy atom. The summed E-state index contributed by atoms with van der Waals surface area (Å²) in [5, 5.41) is 16.3. The van der Waals surface area contributed by atoms with Crippen LogP contribution in [0.2, 0.25) is 0 Å². The second-order valence-corrected chi connectivity index (χ2v) is 5.26. The van der Waals surface area contributed by atoms with E-state index in [1.807, 2.05) is 30.3 Å². The number of hydrogen-bond acceptors (Lipinski definition) is 5. The first-order valence-corrected chi connectivity index (χ1v) is 7.29. The van der Waals surface area contributed by atoms with Crippen molar-refractivity contribution < 1.29 is 9.72 Å². The Balaban J connectivity index is 1.77. The molecule has 1 aliphatic rings. The first-order chi connectivity index (χ1) is 11.6. The lowest BCUT2D eigenvalue weighted by molar-refractivity contribution is -0.384. The zero-order valence-electron chi connectivity index (χ0n) is 12.9. The summed E-state index contributed by atoms with van der Waals surface area (Å²) in [5.74, 6) is -0.718. The Bertz CT molecular complexity index is 829. The quantitative estimate of drug-likeness (QED) is 0.491. The van der Waals surface area contributed by atoms with Gasteiger partial charge in [-0.25, -0.2) is 0 Å². The van der Waals surface area contributed by atoms with Crippen LogP contribution in [-0.4, -0.2) is 22.8 Å². The molecule has 2 aromatic rings. The number of rotatable bonds is 4. The van der Waals surface area contributed by atoms with E-state index in [1.165, 1.54) is 35.5 Å². The van der Waals surface area contributed by atoms with Gasteiger partial charge >= 0.3 is 0 Å². The van der Waals surface area contributed by atoms with Crippen LogP contribution in [0.5, 0.6) is 0 Å². The van der Waals surface area contributed by atoms with Gasteiger partial charge in [-0.3, -0.25) is 19.9 Å². The molecule has 1 amide bonds. The van der Waals surface area contributed by atoms with Crippen LogP contribution in [0, 0.1) is 16.0 Å². The van der Waals surface area contributed by atoms with Crippen molar-refractivity contribution in [2.75, 3.05) is 5.01 Å². The van der Waals surface area contributed by atoms with Crippen LogP contribution < -0.4 is 5.01 Å². The molecule has 7 heteroatoms. The molecule has 1 aliphatic heterocycles. The first-order valence-electron chi connectivity index (χ1n) is 7.29. The standard InChI is InChI=1S/C17H14N4O3/c1-12-16(11-18-13-7-9-15(10-8-13)21(23)24)17(22)20(19-12)14-5-3-2-4-6-14/h2-11,16H,1H3/t16-/m1/s1. The molecule has 0 aliphatic carbocycles. The Labute approximate surface area is 138 Å². The molecule has 1 heterocycles. The maximum Gasteiger partial charge on any atom is 0.269 e. The van der Waals surface area contributed by atoms with Crippen molar-refractivity contribution >= 4 is 34.9 Å². The number of carbonyl (C=O) groups is 1. The average molecular weight is 322 g/mol. The van der Waals surface area contributed by atoms with Crippen molar-refractivity contribution in [3.8, 4) is 0 Å². The van der Waals surface area contributed by atoms with Crippen molar-refractivity contribution in [2.45, 2.75) is 6.92 Å². The van der Waals surface area contributed by atoms with E-state index in [1.54, 1.807) is 6.92 Å². The van der Waals surface area contributed by atoms with Gasteiger partial charge in [0.25, 0.3) is 11.6 Å². The first kappa shape index (κ1) is 15.5. The number of benzene rings is 2. The van der Waals surface area contributed by atoms with Crippen molar-refractivity contribution in [3.63, 3.8) is 0 Å². The van der Waals surface area contributed by atoms with Crippen LogP contribution >= 0.6 is 0 Å². The maximum atomic E-state index is 12.5. The fraction of sp³-hybridized carbons (Fsp3) is 0.118. The molecule has 120 valence electrons. The van der Waals surface area contributed by atoms with Crippen LogP contribution in [0.15, 0.2) is 64.7 Å². The highest BCUT2D eigenvalue weighted by Gasteiger charge is 2.33. The van der Waals surface area contributed by atoms with E-state index < -0.39 is 10.8 Å². The van der Waals surface area contributed by atoms with Gasteiger partial charge in [-0.15, -0.1) is 0 Å². The molecule has 24 heavy (non-hydrogen) atoms. The molecule has 3 rings (SSSR count). The van der Waals surface area contributed by atoms with Gasteiger partial charge in [0.15, 0.2) is 0 Å². The lowest BCUT2D eigenvalue weighted by Crippen LogP contribution is -2.27. The molecule has 0 saturated heterocycles. The highest BCUT2D eigenvalue weighted by Crippen LogP contribution is 2.24. The van der Waals surface area contributed by atoms with E-state index in [0.29, 0.717) is 17.1 Å². The maximum absolute atomic E-state index is 12.5. The summed E-state index contributed by atoms with van der Waals surface area (Å²) in [4.78, 5) is 26.9. The summed E-state index contributed by atoms with van der Waals surface area (Å²) >= 11 is 0. The minimum absolute atomic E-state index is 0.00103. The summed E-state index contributed by atoms with van der Waals surface area (Å²) in [7, 11) is 0. The van der Waals surface area contributed by atoms with Crippen LogP contribution in [0.4, 0.5) is 17.1 Å². The number of nitro groups is 1. The van der Waals surface area contributed by atoms with E-state index in [2.05, 4.69) is 10.1 Å². The molecule has 0 fully saturated rings. The second kappa shape index (κ2) is 6.41. The monoisotopic (exact) mass is 322 g/mol. The van der Waals surface area contributed by atoms with E-state index in [-0.39, 0.29) is 11.6 Å². The van der Waals surface area contributed by atoms with Gasteiger partial charge in [-0.05, 0) is 31.2 Å². The molecule has 0 aromatic heterocycles. The lowest BCUT2D eigenvalue weighted by Gasteiger charge is -2.12.